The van der Waals surface area contributed by atoms with Gasteiger partial charge in [0.15, 0.2) is 0 Å². The van der Waals surface area contributed by atoms with E-state index in [1.807, 2.05) is 0 Å². The van der Waals surface area contributed by atoms with Crippen molar-refractivity contribution in [2.24, 2.45) is 5.73 Å². The molecule has 0 aliphatic carbocycles. The highest BCUT2D eigenvalue weighted by Crippen LogP contribution is 2.27. The zero-order valence-electron chi connectivity index (χ0n) is 10.4. The van der Waals surface area contributed by atoms with E-state index >= 15 is 0 Å². The summed E-state index contributed by atoms with van der Waals surface area (Å²) in [7, 11) is -3.98. The summed E-state index contributed by atoms with van der Waals surface area (Å²) in [5.41, 5.74) is 5.72. The minimum Gasteiger partial charge on any atom is -0.327 e. The van der Waals surface area contributed by atoms with Gasteiger partial charge >= 0.3 is 0 Å². The third-order valence-electron chi connectivity index (χ3n) is 3.01. The highest BCUT2D eigenvalue weighted by Gasteiger charge is 2.31. The van der Waals surface area contributed by atoms with Crippen molar-refractivity contribution >= 4 is 38.4 Å². The molecule has 0 saturated carbocycles. The molecular formula is C11H14BrClF2N2O2S. The Morgan fingerprint density at radius 1 is 1.30 bits per heavy atom. The molecule has 2 rings (SSSR count). The smallest absolute Gasteiger partial charge is 0.246 e. The van der Waals surface area contributed by atoms with Crippen molar-refractivity contribution in [1.29, 1.82) is 0 Å². The zero-order valence-corrected chi connectivity index (χ0v) is 13.6. The van der Waals surface area contributed by atoms with Gasteiger partial charge in [-0.05, 0) is 34.8 Å². The lowest BCUT2D eigenvalue weighted by atomic mass is 10.1. The van der Waals surface area contributed by atoms with E-state index in [0.717, 1.165) is 16.8 Å². The normalized spacial score (nSPS) is 20.5. The maximum atomic E-state index is 13.7. The van der Waals surface area contributed by atoms with E-state index in [0.29, 0.717) is 19.0 Å². The van der Waals surface area contributed by atoms with Gasteiger partial charge in [0.05, 0.1) is 4.47 Å². The quantitative estimate of drug-likeness (QED) is 0.787. The largest absolute Gasteiger partial charge is 0.327 e. The van der Waals surface area contributed by atoms with E-state index in [1.165, 1.54) is 0 Å². The maximum absolute atomic E-state index is 13.7. The summed E-state index contributed by atoms with van der Waals surface area (Å²) in [5, 5.41) is 0. The first kappa shape index (κ1) is 17.8. The first-order chi connectivity index (χ1) is 8.82. The summed E-state index contributed by atoms with van der Waals surface area (Å²) in [4.78, 5) is -0.533. The molecule has 4 nitrogen and oxygen atoms in total. The molecule has 1 saturated heterocycles. The Morgan fingerprint density at radius 3 is 2.55 bits per heavy atom. The van der Waals surface area contributed by atoms with E-state index < -0.39 is 26.6 Å². The number of hydrogen-bond acceptors (Lipinski definition) is 3. The third kappa shape index (κ3) is 3.48. The van der Waals surface area contributed by atoms with E-state index in [-0.39, 0.29) is 29.5 Å². The van der Waals surface area contributed by atoms with Crippen LogP contribution in [-0.2, 0) is 10.0 Å². The van der Waals surface area contributed by atoms with Crippen molar-refractivity contribution in [3.63, 3.8) is 0 Å². The van der Waals surface area contributed by atoms with E-state index in [4.69, 9.17) is 5.73 Å². The first-order valence-corrected chi connectivity index (χ1v) is 7.96. The molecule has 2 N–H and O–H groups in total. The van der Waals surface area contributed by atoms with Gasteiger partial charge in [0, 0.05) is 25.2 Å². The molecule has 9 heteroatoms. The monoisotopic (exact) mass is 390 g/mol. The second-order valence-electron chi connectivity index (χ2n) is 4.46. The Kier molecular flexibility index (Phi) is 5.91. The molecule has 0 bridgehead atoms. The fraction of sp³-hybridized carbons (Fsp3) is 0.455. The summed E-state index contributed by atoms with van der Waals surface area (Å²) in [5.74, 6) is -1.94. The molecule has 1 atom stereocenters. The van der Waals surface area contributed by atoms with Crippen LogP contribution < -0.4 is 5.73 Å². The Labute approximate surface area is 130 Å². The number of nitrogens with zero attached hydrogens (tertiary/aromatic N) is 1. The molecule has 1 heterocycles. The molecule has 0 spiro atoms. The Morgan fingerprint density at radius 2 is 1.95 bits per heavy atom. The lowest BCUT2D eigenvalue weighted by molar-refractivity contribution is 0.315. The Bertz CT molecular complexity index is 600. The van der Waals surface area contributed by atoms with Gasteiger partial charge in [-0.2, -0.15) is 4.31 Å². The number of sulfonamides is 1. The number of nitrogens with two attached hydrogens (primary N) is 1. The van der Waals surface area contributed by atoms with Crippen LogP contribution in [0.1, 0.15) is 12.8 Å². The highest BCUT2D eigenvalue weighted by atomic mass is 79.9. The van der Waals surface area contributed by atoms with E-state index in [1.54, 1.807) is 0 Å². The van der Waals surface area contributed by atoms with Crippen molar-refractivity contribution < 1.29 is 17.2 Å². The molecule has 1 aromatic rings. The topological polar surface area (TPSA) is 63.4 Å². The molecule has 1 fully saturated rings. The molecule has 0 radical (unpaired) electrons. The standard InChI is InChI=1S/C11H13BrF2N2O2S.ClH/c12-8-4-11(10(14)5-9(8)13)19(17,18)16-3-1-2-7(15)6-16;/h4-5,7H,1-3,6,15H2;1H. The van der Waals surface area contributed by atoms with Crippen LogP contribution in [0.15, 0.2) is 21.5 Å². The first-order valence-electron chi connectivity index (χ1n) is 5.72. The fourth-order valence-electron chi connectivity index (χ4n) is 2.03. The lowest BCUT2D eigenvalue weighted by Gasteiger charge is -2.30. The van der Waals surface area contributed by atoms with Crippen molar-refractivity contribution in [3.8, 4) is 0 Å². The molecule has 1 unspecified atom stereocenters. The average Bonchev–Trinajstić information content (AvgIpc) is 2.33. The van der Waals surface area contributed by atoms with Crippen LogP contribution >= 0.6 is 28.3 Å². The van der Waals surface area contributed by atoms with Crippen LogP contribution in [0, 0.1) is 11.6 Å². The molecule has 0 amide bonds. The molecule has 20 heavy (non-hydrogen) atoms. The molecule has 1 aliphatic heterocycles. The van der Waals surface area contributed by atoms with Crippen molar-refractivity contribution in [2.45, 2.75) is 23.8 Å². The van der Waals surface area contributed by atoms with Crippen LogP contribution in [0.2, 0.25) is 0 Å². The summed E-state index contributed by atoms with van der Waals surface area (Å²) in [6.07, 6.45) is 1.37. The predicted octanol–water partition coefficient (Wildman–Crippen LogP) is 2.26. The second-order valence-corrected chi connectivity index (χ2v) is 7.22. The lowest BCUT2D eigenvalue weighted by Crippen LogP contribution is -2.45. The van der Waals surface area contributed by atoms with Crippen molar-refractivity contribution in [3.05, 3.63) is 28.2 Å². The third-order valence-corrected chi connectivity index (χ3v) is 5.50. The Hall–Kier alpha value is -0.280. The minimum absolute atomic E-state index is 0. The van der Waals surface area contributed by atoms with Gasteiger partial charge in [-0.25, -0.2) is 17.2 Å². The highest BCUT2D eigenvalue weighted by molar-refractivity contribution is 9.10. The van der Waals surface area contributed by atoms with Crippen molar-refractivity contribution in [2.75, 3.05) is 13.1 Å². The summed E-state index contributed by atoms with van der Waals surface area (Å²) in [6, 6.07) is 1.25. The molecular weight excluding hydrogens is 378 g/mol. The van der Waals surface area contributed by atoms with Gasteiger partial charge in [0.1, 0.15) is 16.5 Å². The van der Waals surface area contributed by atoms with E-state index in [2.05, 4.69) is 15.9 Å². The van der Waals surface area contributed by atoms with Crippen molar-refractivity contribution in [1.82, 2.24) is 4.31 Å². The van der Waals surface area contributed by atoms with Crippen LogP contribution in [0.5, 0.6) is 0 Å². The van der Waals surface area contributed by atoms with Crippen LogP contribution in [0.25, 0.3) is 0 Å². The van der Waals surface area contributed by atoms with Gasteiger partial charge in [-0.3, -0.25) is 0 Å². The zero-order chi connectivity index (χ0) is 14.2. The fourth-order valence-corrected chi connectivity index (χ4v) is 4.14. The number of halogens is 4. The number of rotatable bonds is 2. The molecule has 114 valence electrons. The van der Waals surface area contributed by atoms with Gasteiger partial charge in [0.2, 0.25) is 10.0 Å². The van der Waals surface area contributed by atoms with E-state index in [9.17, 15) is 17.2 Å². The van der Waals surface area contributed by atoms with Crippen LogP contribution in [0.3, 0.4) is 0 Å². The van der Waals surface area contributed by atoms with Crippen LogP contribution in [-0.4, -0.2) is 31.9 Å². The molecule has 0 aromatic heterocycles. The van der Waals surface area contributed by atoms with Gasteiger partial charge < -0.3 is 5.73 Å². The number of benzene rings is 1. The Balaban J connectivity index is 0.00000200. The molecule has 1 aromatic carbocycles. The summed E-state index contributed by atoms with van der Waals surface area (Å²) < 4.78 is 52.5. The summed E-state index contributed by atoms with van der Waals surface area (Å²) >= 11 is 2.86. The average molecular weight is 392 g/mol. The van der Waals surface area contributed by atoms with Gasteiger partial charge in [-0.1, -0.05) is 0 Å². The van der Waals surface area contributed by atoms with Gasteiger partial charge in [0.25, 0.3) is 0 Å². The summed E-state index contributed by atoms with van der Waals surface area (Å²) in [6.45, 7) is 0.446. The minimum atomic E-state index is -3.98. The number of hydrogen-bond donors (Lipinski definition) is 1. The predicted molar refractivity (Wildman–Crippen MR) is 77.3 cm³/mol. The second kappa shape index (κ2) is 6.65. The number of piperidine rings is 1. The molecule has 1 aliphatic rings. The maximum Gasteiger partial charge on any atom is 0.246 e. The van der Waals surface area contributed by atoms with Gasteiger partial charge in [-0.15, -0.1) is 12.4 Å². The van der Waals surface area contributed by atoms with Crippen LogP contribution in [0.4, 0.5) is 8.78 Å². The SMILES string of the molecule is Cl.NC1CCCN(S(=O)(=O)c2cc(Br)c(F)cc2F)C1.